The van der Waals surface area contributed by atoms with Gasteiger partial charge >= 0.3 is 0 Å². The van der Waals surface area contributed by atoms with Gasteiger partial charge in [0.25, 0.3) is 5.91 Å². The molecule has 1 aromatic heterocycles. The third kappa shape index (κ3) is 3.80. The molecule has 1 amide bonds. The summed E-state index contributed by atoms with van der Waals surface area (Å²) in [6, 6.07) is 6.02. The van der Waals surface area contributed by atoms with Crippen LogP contribution in [0.4, 0.5) is 5.82 Å². The largest absolute Gasteiger partial charge is 0.378 e. The third-order valence-electron chi connectivity index (χ3n) is 5.38. The summed E-state index contributed by atoms with van der Waals surface area (Å²) in [6.45, 7) is 3.02. The maximum absolute atomic E-state index is 12.8. The van der Waals surface area contributed by atoms with Crippen LogP contribution in [0.5, 0.6) is 0 Å². The number of fused-ring (bicyclic) bond motifs is 1. The van der Waals surface area contributed by atoms with Gasteiger partial charge in [-0.15, -0.1) is 0 Å². The first-order chi connectivity index (χ1) is 12.8. The maximum atomic E-state index is 12.8. The Kier molecular flexibility index (Phi) is 5.29. The van der Waals surface area contributed by atoms with Gasteiger partial charge in [-0.2, -0.15) is 0 Å². The van der Waals surface area contributed by atoms with Gasteiger partial charge in [0.15, 0.2) is 0 Å². The molecule has 138 valence electrons. The Morgan fingerprint density at radius 1 is 1.08 bits per heavy atom. The standard InChI is InChI=1S/C20H26N4O2/c25-20(23-16-5-3-1-2-4-6-16)15-7-8-18-17(13-15)19(22-14-21-18)24-9-11-26-12-10-24/h7-8,13-14,16H,1-6,9-12H2,(H,23,25). The van der Waals surface area contributed by atoms with E-state index in [1.165, 1.54) is 25.7 Å². The van der Waals surface area contributed by atoms with Gasteiger partial charge in [0.1, 0.15) is 12.1 Å². The SMILES string of the molecule is O=C(NC1CCCCCC1)c1ccc2ncnc(N3CCOCC3)c2c1. The second-order valence-electron chi connectivity index (χ2n) is 7.19. The highest BCUT2D eigenvalue weighted by molar-refractivity contribution is 6.00. The monoisotopic (exact) mass is 354 g/mol. The van der Waals surface area contributed by atoms with E-state index >= 15 is 0 Å². The van der Waals surface area contributed by atoms with E-state index in [9.17, 15) is 4.79 Å². The Labute approximate surface area is 154 Å². The number of morpholine rings is 1. The van der Waals surface area contributed by atoms with E-state index < -0.39 is 0 Å². The number of benzene rings is 1. The van der Waals surface area contributed by atoms with Gasteiger partial charge in [-0.3, -0.25) is 4.79 Å². The minimum Gasteiger partial charge on any atom is -0.378 e. The second-order valence-corrected chi connectivity index (χ2v) is 7.19. The summed E-state index contributed by atoms with van der Waals surface area (Å²) < 4.78 is 5.44. The van der Waals surface area contributed by atoms with Gasteiger partial charge in [-0.1, -0.05) is 25.7 Å². The van der Waals surface area contributed by atoms with Gasteiger partial charge < -0.3 is 15.0 Å². The fraction of sp³-hybridized carbons (Fsp3) is 0.550. The van der Waals surface area contributed by atoms with Crippen LogP contribution in [0, 0.1) is 0 Å². The smallest absolute Gasteiger partial charge is 0.251 e. The lowest BCUT2D eigenvalue weighted by Gasteiger charge is -2.28. The van der Waals surface area contributed by atoms with Crippen molar-refractivity contribution in [3.63, 3.8) is 0 Å². The predicted octanol–water partition coefficient (Wildman–Crippen LogP) is 2.92. The van der Waals surface area contributed by atoms with Gasteiger partial charge in [-0.25, -0.2) is 9.97 Å². The van der Waals surface area contributed by atoms with Crippen molar-refractivity contribution < 1.29 is 9.53 Å². The van der Waals surface area contributed by atoms with Crippen molar-refractivity contribution in [3.8, 4) is 0 Å². The van der Waals surface area contributed by atoms with E-state index in [1.54, 1.807) is 6.33 Å². The Morgan fingerprint density at radius 3 is 2.62 bits per heavy atom. The summed E-state index contributed by atoms with van der Waals surface area (Å²) in [5.41, 5.74) is 1.55. The zero-order chi connectivity index (χ0) is 17.8. The molecule has 1 N–H and O–H groups in total. The van der Waals surface area contributed by atoms with Crippen LogP contribution >= 0.6 is 0 Å². The number of nitrogens with one attached hydrogen (secondary N) is 1. The van der Waals surface area contributed by atoms with Crippen LogP contribution in [0.25, 0.3) is 10.9 Å². The normalized spacial score (nSPS) is 19.3. The number of carbonyl (C=O) groups is 1. The van der Waals surface area contributed by atoms with Crippen LogP contribution in [0.3, 0.4) is 0 Å². The van der Waals surface area contributed by atoms with Crippen molar-refractivity contribution in [2.24, 2.45) is 0 Å². The van der Waals surface area contributed by atoms with Crippen LogP contribution in [-0.4, -0.2) is 48.2 Å². The molecule has 0 unspecified atom stereocenters. The van der Waals surface area contributed by atoms with Crippen molar-refractivity contribution >= 4 is 22.6 Å². The summed E-state index contributed by atoms with van der Waals surface area (Å²) >= 11 is 0. The molecule has 1 saturated carbocycles. The molecule has 1 aliphatic heterocycles. The van der Waals surface area contributed by atoms with Crippen molar-refractivity contribution in [1.82, 2.24) is 15.3 Å². The zero-order valence-corrected chi connectivity index (χ0v) is 15.1. The fourth-order valence-electron chi connectivity index (χ4n) is 3.90. The highest BCUT2D eigenvalue weighted by Gasteiger charge is 2.19. The second kappa shape index (κ2) is 7.99. The molecular formula is C20H26N4O2. The third-order valence-corrected chi connectivity index (χ3v) is 5.38. The minimum atomic E-state index is 0.00980. The van der Waals surface area contributed by atoms with Crippen LogP contribution in [0.1, 0.15) is 48.9 Å². The van der Waals surface area contributed by atoms with Crippen molar-refractivity contribution in [2.75, 3.05) is 31.2 Å². The van der Waals surface area contributed by atoms with Crippen LogP contribution in [0.2, 0.25) is 0 Å². The Hall–Kier alpha value is -2.21. The number of amides is 1. The lowest BCUT2D eigenvalue weighted by Crippen LogP contribution is -2.37. The van der Waals surface area contributed by atoms with E-state index in [4.69, 9.17) is 4.74 Å². The highest BCUT2D eigenvalue weighted by atomic mass is 16.5. The number of aromatic nitrogens is 2. The van der Waals surface area contributed by atoms with E-state index in [1.807, 2.05) is 18.2 Å². The van der Waals surface area contributed by atoms with Crippen molar-refractivity contribution in [3.05, 3.63) is 30.1 Å². The zero-order valence-electron chi connectivity index (χ0n) is 15.1. The van der Waals surface area contributed by atoms with E-state index in [-0.39, 0.29) is 5.91 Å². The average Bonchev–Trinajstić information content (AvgIpc) is 2.96. The number of ether oxygens (including phenoxy) is 1. The molecule has 6 heteroatoms. The molecule has 2 fully saturated rings. The number of carbonyl (C=O) groups excluding carboxylic acids is 1. The molecule has 2 heterocycles. The summed E-state index contributed by atoms with van der Waals surface area (Å²) in [5, 5.41) is 4.16. The number of hydrogen-bond donors (Lipinski definition) is 1. The molecule has 26 heavy (non-hydrogen) atoms. The molecule has 1 aliphatic carbocycles. The molecule has 0 spiro atoms. The van der Waals surface area contributed by atoms with Gasteiger partial charge in [0.05, 0.1) is 18.7 Å². The molecule has 6 nitrogen and oxygen atoms in total. The summed E-state index contributed by atoms with van der Waals surface area (Å²) in [7, 11) is 0. The highest BCUT2D eigenvalue weighted by Crippen LogP contribution is 2.25. The molecule has 1 aromatic carbocycles. The first kappa shape index (κ1) is 17.2. The van der Waals surface area contributed by atoms with Crippen LogP contribution < -0.4 is 10.2 Å². The van der Waals surface area contributed by atoms with E-state index in [0.29, 0.717) is 24.8 Å². The number of hydrogen-bond acceptors (Lipinski definition) is 5. The van der Waals surface area contributed by atoms with E-state index in [2.05, 4.69) is 20.2 Å². The molecule has 1 saturated heterocycles. The minimum absolute atomic E-state index is 0.00980. The summed E-state index contributed by atoms with van der Waals surface area (Å²) in [4.78, 5) is 23.8. The summed E-state index contributed by atoms with van der Waals surface area (Å²) in [5.74, 6) is 0.901. The molecular weight excluding hydrogens is 328 g/mol. The van der Waals surface area contributed by atoms with Crippen molar-refractivity contribution in [1.29, 1.82) is 0 Å². The Bertz CT molecular complexity index is 765. The number of anilines is 1. The molecule has 2 aliphatic rings. The van der Waals surface area contributed by atoms with E-state index in [0.717, 1.165) is 42.7 Å². The first-order valence-electron chi connectivity index (χ1n) is 9.69. The first-order valence-corrected chi connectivity index (χ1v) is 9.69. The maximum Gasteiger partial charge on any atom is 0.251 e. The number of nitrogens with zero attached hydrogens (tertiary/aromatic N) is 3. The molecule has 2 aromatic rings. The van der Waals surface area contributed by atoms with Crippen LogP contribution in [-0.2, 0) is 4.74 Å². The molecule has 0 bridgehead atoms. The van der Waals surface area contributed by atoms with Crippen molar-refractivity contribution in [2.45, 2.75) is 44.6 Å². The summed E-state index contributed by atoms with van der Waals surface area (Å²) in [6.07, 6.45) is 8.74. The quantitative estimate of drug-likeness (QED) is 0.859. The lowest BCUT2D eigenvalue weighted by molar-refractivity contribution is 0.0933. The molecule has 0 radical (unpaired) electrons. The predicted molar refractivity (Wildman–Crippen MR) is 102 cm³/mol. The average molecular weight is 354 g/mol. The van der Waals surface area contributed by atoms with Gasteiger partial charge in [0.2, 0.25) is 0 Å². The lowest BCUT2D eigenvalue weighted by atomic mass is 10.1. The fourth-order valence-corrected chi connectivity index (χ4v) is 3.90. The van der Waals surface area contributed by atoms with Crippen LogP contribution in [0.15, 0.2) is 24.5 Å². The Balaban J connectivity index is 1.58. The van der Waals surface area contributed by atoms with Gasteiger partial charge in [0, 0.05) is 30.1 Å². The van der Waals surface area contributed by atoms with Gasteiger partial charge in [-0.05, 0) is 31.0 Å². The molecule has 4 rings (SSSR count). The number of rotatable bonds is 3. The molecule has 0 atom stereocenters. The topological polar surface area (TPSA) is 67.4 Å². The Morgan fingerprint density at radius 2 is 1.85 bits per heavy atom.